The summed E-state index contributed by atoms with van der Waals surface area (Å²) in [7, 11) is 0. The van der Waals surface area contributed by atoms with Crippen LogP contribution in [0, 0.1) is 13.8 Å². The first-order valence-corrected chi connectivity index (χ1v) is 9.59. The van der Waals surface area contributed by atoms with Crippen molar-refractivity contribution in [2.24, 2.45) is 0 Å². The Hall–Kier alpha value is -2.99. The summed E-state index contributed by atoms with van der Waals surface area (Å²) in [5.74, 6) is 2.89. The highest BCUT2D eigenvalue weighted by atomic mass is 32.2. The predicted molar refractivity (Wildman–Crippen MR) is 106 cm³/mol. The van der Waals surface area contributed by atoms with Crippen LogP contribution in [0.15, 0.2) is 70.2 Å². The maximum absolute atomic E-state index is 5.84. The molecule has 6 heteroatoms. The van der Waals surface area contributed by atoms with E-state index in [4.69, 9.17) is 4.42 Å². The van der Waals surface area contributed by atoms with Crippen LogP contribution in [0.1, 0.15) is 17.3 Å². The molecule has 4 rings (SSSR count). The van der Waals surface area contributed by atoms with Crippen molar-refractivity contribution in [1.82, 2.24) is 19.9 Å². The number of hydrogen-bond acceptors (Lipinski definition) is 6. The molecule has 0 fully saturated rings. The number of aryl methyl sites for hydroxylation is 2. The van der Waals surface area contributed by atoms with Gasteiger partial charge in [0.1, 0.15) is 16.6 Å². The molecule has 0 amide bonds. The molecular weight excluding hydrogens is 356 g/mol. The first-order valence-electron chi connectivity index (χ1n) is 8.60. The molecule has 0 aliphatic heterocycles. The smallest absolute Gasteiger partial charge is 0.226 e. The summed E-state index contributed by atoms with van der Waals surface area (Å²) in [5.41, 5.74) is 3.57. The van der Waals surface area contributed by atoms with E-state index in [1.807, 2.05) is 68.4 Å². The van der Waals surface area contributed by atoms with Crippen molar-refractivity contribution in [2.75, 3.05) is 0 Å². The highest BCUT2D eigenvalue weighted by molar-refractivity contribution is 7.98. The van der Waals surface area contributed by atoms with E-state index < -0.39 is 0 Å². The molecule has 0 spiro atoms. The van der Waals surface area contributed by atoms with Crippen LogP contribution in [-0.4, -0.2) is 19.9 Å². The lowest BCUT2D eigenvalue weighted by atomic mass is 10.2. The van der Waals surface area contributed by atoms with Gasteiger partial charge in [-0.05, 0) is 44.2 Å². The van der Waals surface area contributed by atoms with Gasteiger partial charge in [-0.25, -0.2) is 15.0 Å². The number of nitrogens with zero attached hydrogens (tertiary/aromatic N) is 4. The highest BCUT2D eigenvalue weighted by Crippen LogP contribution is 2.28. The molecule has 4 aromatic rings. The Bertz CT molecular complexity index is 1050. The standard InChI is InChI=1S/C21H18N4OS/c1-14-19(25-21(26-14)16-8-4-3-5-9-16)13-27-20-12-18(23-15(2)24-20)17-10-6-7-11-22-17/h3-12H,13H2,1-2H3. The average Bonchev–Trinajstić information content (AvgIpc) is 3.08. The summed E-state index contributed by atoms with van der Waals surface area (Å²) < 4.78 is 5.84. The van der Waals surface area contributed by atoms with Crippen LogP contribution in [0.25, 0.3) is 22.8 Å². The molecule has 0 atom stereocenters. The van der Waals surface area contributed by atoms with Crippen LogP contribution in [0.5, 0.6) is 0 Å². The third kappa shape index (κ3) is 4.06. The zero-order chi connectivity index (χ0) is 18.6. The molecule has 0 unspecified atom stereocenters. The average molecular weight is 374 g/mol. The maximum Gasteiger partial charge on any atom is 0.226 e. The van der Waals surface area contributed by atoms with Gasteiger partial charge in [-0.2, -0.15) is 0 Å². The molecule has 27 heavy (non-hydrogen) atoms. The molecule has 5 nitrogen and oxygen atoms in total. The minimum absolute atomic E-state index is 0.650. The predicted octanol–water partition coefficient (Wildman–Crippen LogP) is 5.10. The van der Waals surface area contributed by atoms with Gasteiger partial charge in [0.25, 0.3) is 0 Å². The van der Waals surface area contributed by atoms with Crippen molar-refractivity contribution in [2.45, 2.75) is 24.6 Å². The fraction of sp³-hybridized carbons (Fsp3) is 0.143. The Balaban J connectivity index is 1.54. The first kappa shape index (κ1) is 17.4. The van der Waals surface area contributed by atoms with E-state index in [-0.39, 0.29) is 0 Å². The summed E-state index contributed by atoms with van der Waals surface area (Å²) in [5, 5.41) is 0.895. The van der Waals surface area contributed by atoms with Crippen molar-refractivity contribution >= 4 is 11.8 Å². The number of thioether (sulfide) groups is 1. The number of aromatic nitrogens is 4. The quantitative estimate of drug-likeness (QED) is 0.357. The summed E-state index contributed by atoms with van der Waals surface area (Å²) in [6.45, 7) is 3.84. The molecule has 3 heterocycles. The van der Waals surface area contributed by atoms with Gasteiger partial charge in [-0.3, -0.25) is 4.98 Å². The fourth-order valence-corrected chi connectivity index (χ4v) is 3.61. The molecule has 0 N–H and O–H groups in total. The number of oxazole rings is 1. The van der Waals surface area contributed by atoms with Crippen molar-refractivity contribution in [1.29, 1.82) is 0 Å². The summed E-state index contributed by atoms with van der Waals surface area (Å²) in [6, 6.07) is 17.7. The van der Waals surface area contributed by atoms with Crippen molar-refractivity contribution in [3.05, 3.63) is 78.1 Å². The van der Waals surface area contributed by atoms with Gasteiger partial charge in [0.2, 0.25) is 5.89 Å². The van der Waals surface area contributed by atoms with Crippen LogP contribution in [0.2, 0.25) is 0 Å². The molecule has 0 aliphatic rings. The van der Waals surface area contributed by atoms with E-state index in [0.29, 0.717) is 11.6 Å². The van der Waals surface area contributed by atoms with Crippen LogP contribution in [0.3, 0.4) is 0 Å². The summed E-state index contributed by atoms with van der Waals surface area (Å²) >= 11 is 1.62. The van der Waals surface area contributed by atoms with Crippen molar-refractivity contribution in [3.8, 4) is 22.8 Å². The van der Waals surface area contributed by atoms with Crippen molar-refractivity contribution in [3.63, 3.8) is 0 Å². The van der Waals surface area contributed by atoms with E-state index in [9.17, 15) is 0 Å². The zero-order valence-electron chi connectivity index (χ0n) is 15.1. The normalized spacial score (nSPS) is 10.9. The molecule has 0 radical (unpaired) electrons. The van der Waals surface area contributed by atoms with Crippen LogP contribution < -0.4 is 0 Å². The topological polar surface area (TPSA) is 64.7 Å². The lowest BCUT2D eigenvalue weighted by Gasteiger charge is -2.05. The van der Waals surface area contributed by atoms with E-state index in [2.05, 4.69) is 19.9 Å². The Morgan fingerprint density at radius 3 is 2.48 bits per heavy atom. The van der Waals surface area contributed by atoms with Crippen LogP contribution >= 0.6 is 11.8 Å². The Labute approximate surface area is 161 Å². The second kappa shape index (κ2) is 7.72. The van der Waals surface area contributed by atoms with E-state index in [1.54, 1.807) is 18.0 Å². The third-order valence-electron chi connectivity index (χ3n) is 4.01. The molecule has 134 valence electrons. The van der Waals surface area contributed by atoms with E-state index >= 15 is 0 Å². The molecule has 1 aromatic carbocycles. The number of rotatable bonds is 5. The minimum Gasteiger partial charge on any atom is -0.441 e. The second-order valence-corrected chi connectivity index (χ2v) is 7.03. The number of benzene rings is 1. The van der Waals surface area contributed by atoms with E-state index in [1.165, 1.54) is 0 Å². The monoisotopic (exact) mass is 374 g/mol. The fourth-order valence-electron chi connectivity index (χ4n) is 2.67. The molecule has 3 aromatic heterocycles. The van der Waals surface area contributed by atoms with Gasteiger partial charge in [0, 0.05) is 17.5 Å². The van der Waals surface area contributed by atoms with Crippen molar-refractivity contribution < 1.29 is 4.42 Å². The highest BCUT2D eigenvalue weighted by Gasteiger charge is 2.13. The minimum atomic E-state index is 0.650. The Morgan fingerprint density at radius 2 is 1.70 bits per heavy atom. The molecule has 0 saturated carbocycles. The lowest BCUT2D eigenvalue weighted by Crippen LogP contribution is -1.95. The Morgan fingerprint density at radius 1 is 0.889 bits per heavy atom. The molecule has 0 saturated heterocycles. The van der Waals surface area contributed by atoms with Gasteiger partial charge in [0.05, 0.1) is 17.1 Å². The van der Waals surface area contributed by atoms with E-state index in [0.717, 1.165) is 39.3 Å². The summed E-state index contributed by atoms with van der Waals surface area (Å²) in [6.07, 6.45) is 1.77. The summed E-state index contributed by atoms with van der Waals surface area (Å²) in [4.78, 5) is 18.1. The number of hydrogen-bond donors (Lipinski definition) is 0. The zero-order valence-corrected chi connectivity index (χ0v) is 15.9. The van der Waals surface area contributed by atoms with Gasteiger partial charge in [-0.15, -0.1) is 0 Å². The lowest BCUT2D eigenvalue weighted by molar-refractivity contribution is 0.540. The van der Waals surface area contributed by atoms with Gasteiger partial charge in [0.15, 0.2) is 0 Å². The SMILES string of the molecule is Cc1nc(SCc2nc(-c3ccccc3)oc2C)cc(-c2ccccn2)n1. The number of pyridine rings is 1. The first-order chi connectivity index (χ1) is 13.2. The third-order valence-corrected chi connectivity index (χ3v) is 4.93. The van der Waals surface area contributed by atoms with Crippen LogP contribution in [-0.2, 0) is 5.75 Å². The maximum atomic E-state index is 5.84. The molecular formula is C21H18N4OS. The van der Waals surface area contributed by atoms with Gasteiger partial charge < -0.3 is 4.42 Å². The molecule has 0 aliphatic carbocycles. The largest absolute Gasteiger partial charge is 0.441 e. The van der Waals surface area contributed by atoms with Gasteiger partial charge >= 0.3 is 0 Å². The van der Waals surface area contributed by atoms with Gasteiger partial charge in [-0.1, -0.05) is 36.0 Å². The van der Waals surface area contributed by atoms with Crippen LogP contribution in [0.4, 0.5) is 0 Å². The Kier molecular flexibility index (Phi) is 4.98. The molecule has 0 bridgehead atoms. The second-order valence-electron chi connectivity index (χ2n) is 6.03.